The first-order valence-corrected chi connectivity index (χ1v) is 4.77. The number of nitrogens with two attached hydrogens (primary N) is 1. The molecule has 0 aromatic heterocycles. The number of methoxy groups -OCH3 is 1. The van der Waals surface area contributed by atoms with E-state index in [9.17, 15) is 0 Å². The summed E-state index contributed by atoms with van der Waals surface area (Å²) in [6.45, 7) is 2.62. The molecule has 0 fully saturated rings. The molecule has 1 aromatic carbocycles. The summed E-state index contributed by atoms with van der Waals surface area (Å²) in [5.74, 6) is 0.861. The van der Waals surface area contributed by atoms with Crippen molar-refractivity contribution in [2.45, 2.75) is 19.5 Å². The predicted molar refractivity (Wildman–Crippen MR) is 58.4 cm³/mol. The lowest BCUT2D eigenvalue weighted by Gasteiger charge is -2.13. The minimum atomic E-state index is 0.339. The van der Waals surface area contributed by atoms with Gasteiger partial charge in [0, 0.05) is 18.2 Å². The molecule has 1 unspecified atom stereocenters. The average Bonchev–Trinajstić information content (AvgIpc) is 2.26. The maximum atomic E-state index is 5.64. The van der Waals surface area contributed by atoms with Crippen LogP contribution in [0.3, 0.4) is 0 Å². The molecule has 0 aliphatic rings. The lowest BCUT2D eigenvalue weighted by molar-refractivity contribution is 0.409. The smallest absolute Gasteiger partial charge is 0.123 e. The van der Waals surface area contributed by atoms with Crippen LogP contribution in [-0.2, 0) is 6.54 Å². The molecular weight excluding hydrogens is 176 g/mol. The normalized spacial score (nSPS) is 12.6. The van der Waals surface area contributed by atoms with Crippen LogP contribution in [0.5, 0.6) is 5.75 Å². The fraction of sp³-hybridized carbons (Fsp3) is 0.455. The maximum absolute atomic E-state index is 5.64. The van der Waals surface area contributed by atoms with E-state index in [1.54, 1.807) is 7.11 Å². The maximum Gasteiger partial charge on any atom is 0.123 e. The number of rotatable bonds is 4. The molecule has 0 amide bonds. The molecule has 1 atom stereocenters. The first-order chi connectivity index (χ1) is 6.72. The molecule has 0 radical (unpaired) electrons. The van der Waals surface area contributed by atoms with Gasteiger partial charge < -0.3 is 15.8 Å². The number of hydrogen-bond acceptors (Lipinski definition) is 3. The molecule has 14 heavy (non-hydrogen) atoms. The van der Waals surface area contributed by atoms with Gasteiger partial charge in [0.25, 0.3) is 0 Å². The van der Waals surface area contributed by atoms with Crippen molar-refractivity contribution in [3.8, 4) is 5.75 Å². The summed E-state index contributed by atoms with van der Waals surface area (Å²) in [5, 5.41) is 3.19. The Bertz CT molecular complexity index is 299. The molecule has 0 aliphatic carbocycles. The summed E-state index contributed by atoms with van der Waals surface area (Å²) >= 11 is 0. The molecule has 1 rings (SSSR count). The zero-order valence-electron chi connectivity index (χ0n) is 9.00. The van der Waals surface area contributed by atoms with E-state index < -0.39 is 0 Å². The summed E-state index contributed by atoms with van der Waals surface area (Å²) in [6, 6.07) is 6.44. The van der Waals surface area contributed by atoms with Crippen LogP contribution in [0.25, 0.3) is 0 Å². The number of benzene rings is 1. The minimum absolute atomic E-state index is 0.339. The highest BCUT2D eigenvalue weighted by atomic mass is 16.5. The van der Waals surface area contributed by atoms with Crippen LogP contribution in [0.4, 0.5) is 0 Å². The van der Waals surface area contributed by atoms with Gasteiger partial charge in [0.1, 0.15) is 5.75 Å². The number of nitrogens with one attached hydrogen (secondary N) is 1. The van der Waals surface area contributed by atoms with Gasteiger partial charge in [-0.05, 0) is 31.7 Å². The Balaban J connectivity index is 3.01. The highest BCUT2D eigenvalue weighted by molar-refractivity contribution is 5.38. The highest BCUT2D eigenvalue weighted by Gasteiger charge is 2.06. The van der Waals surface area contributed by atoms with E-state index in [2.05, 4.69) is 24.4 Å². The third-order valence-corrected chi connectivity index (χ3v) is 2.46. The van der Waals surface area contributed by atoms with Crippen molar-refractivity contribution >= 4 is 0 Å². The minimum Gasteiger partial charge on any atom is -0.496 e. The third kappa shape index (κ3) is 2.25. The summed E-state index contributed by atoms with van der Waals surface area (Å²) in [4.78, 5) is 0. The van der Waals surface area contributed by atoms with Crippen LogP contribution in [0.15, 0.2) is 18.2 Å². The summed E-state index contributed by atoms with van der Waals surface area (Å²) in [6.07, 6.45) is 0. The zero-order valence-corrected chi connectivity index (χ0v) is 9.00. The Kier molecular flexibility index (Phi) is 3.92. The third-order valence-electron chi connectivity index (χ3n) is 2.46. The van der Waals surface area contributed by atoms with E-state index in [0.717, 1.165) is 11.3 Å². The number of hydrogen-bond donors (Lipinski definition) is 2. The van der Waals surface area contributed by atoms with Crippen LogP contribution >= 0.6 is 0 Å². The van der Waals surface area contributed by atoms with Crippen molar-refractivity contribution in [2.24, 2.45) is 5.73 Å². The molecule has 3 N–H and O–H groups in total. The lowest BCUT2D eigenvalue weighted by atomic mass is 10.0. The van der Waals surface area contributed by atoms with Crippen LogP contribution in [0, 0.1) is 0 Å². The predicted octanol–water partition coefficient (Wildman–Crippen LogP) is 1.43. The van der Waals surface area contributed by atoms with Gasteiger partial charge in [-0.15, -0.1) is 0 Å². The zero-order chi connectivity index (χ0) is 10.6. The summed E-state index contributed by atoms with van der Waals surface area (Å²) < 4.78 is 5.20. The number of ether oxygens (including phenoxy) is 1. The van der Waals surface area contributed by atoms with Gasteiger partial charge in [-0.25, -0.2) is 0 Å². The van der Waals surface area contributed by atoms with Crippen molar-refractivity contribution in [1.82, 2.24) is 5.32 Å². The van der Waals surface area contributed by atoms with Gasteiger partial charge in [-0.1, -0.05) is 6.07 Å². The fourth-order valence-electron chi connectivity index (χ4n) is 1.39. The molecule has 0 heterocycles. The highest BCUT2D eigenvalue weighted by Crippen LogP contribution is 2.22. The fourth-order valence-corrected chi connectivity index (χ4v) is 1.39. The monoisotopic (exact) mass is 194 g/mol. The Morgan fingerprint density at radius 3 is 2.71 bits per heavy atom. The van der Waals surface area contributed by atoms with Crippen molar-refractivity contribution in [3.63, 3.8) is 0 Å². The van der Waals surface area contributed by atoms with Crippen LogP contribution < -0.4 is 15.8 Å². The van der Waals surface area contributed by atoms with Crippen LogP contribution in [0.2, 0.25) is 0 Å². The standard InChI is InChI=1S/C11H18N2O/c1-8(13-2)9-4-5-11(14-3)10(6-9)7-12/h4-6,8,13H,7,12H2,1-3H3. The Morgan fingerprint density at radius 1 is 1.50 bits per heavy atom. The first kappa shape index (κ1) is 11.0. The van der Waals surface area contributed by atoms with Gasteiger partial charge in [0.15, 0.2) is 0 Å². The van der Waals surface area contributed by atoms with Crippen molar-refractivity contribution in [2.75, 3.05) is 14.2 Å². The second kappa shape index (κ2) is 4.98. The van der Waals surface area contributed by atoms with Gasteiger partial charge in [-0.2, -0.15) is 0 Å². The van der Waals surface area contributed by atoms with E-state index in [4.69, 9.17) is 10.5 Å². The van der Waals surface area contributed by atoms with E-state index >= 15 is 0 Å². The van der Waals surface area contributed by atoms with Crippen molar-refractivity contribution in [3.05, 3.63) is 29.3 Å². The van der Waals surface area contributed by atoms with Crippen LogP contribution in [0.1, 0.15) is 24.1 Å². The van der Waals surface area contributed by atoms with Crippen LogP contribution in [-0.4, -0.2) is 14.2 Å². The lowest BCUT2D eigenvalue weighted by Crippen LogP contribution is -2.13. The molecule has 0 saturated carbocycles. The van der Waals surface area contributed by atoms with Gasteiger partial charge in [0.05, 0.1) is 7.11 Å². The van der Waals surface area contributed by atoms with E-state index in [1.807, 2.05) is 13.1 Å². The van der Waals surface area contributed by atoms with E-state index in [0.29, 0.717) is 12.6 Å². The first-order valence-electron chi connectivity index (χ1n) is 4.77. The Morgan fingerprint density at radius 2 is 2.21 bits per heavy atom. The summed E-state index contributed by atoms with van der Waals surface area (Å²) in [7, 11) is 3.60. The second-order valence-corrected chi connectivity index (χ2v) is 3.29. The summed E-state index contributed by atoms with van der Waals surface area (Å²) in [5.41, 5.74) is 7.91. The molecule has 0 bridgehead atoms. The van der Waals surface area contributed by atoms with Crippen molar-refractivity contribution < 1.29 is 4.74 Å². The molecule has 78 valence electrons. The molecule has 3 nitrogen and oxygen atoms in total. The SMILES string of the molecule is CNC(C)c1ccc(OC)c(CN)c1. The molecular formula is C11H18N2O. The second-order valence-electron chi connectivity index (χ2n) is 3.29. The van der Waals surface area contributed by atoms with Gasteiger partial charge in [-0.3, -0.25) is 0 Å². The van der Waals surface area contributed by atoms with Gasteiger partial charge >= 0.3 is 0 Å². The molecule has 0 aliphatic heterocycles. The van der Waals surface area contributed by atoms with Gasteiger partial charge in [0.2, 0.25) is 0 Å². The van der Waals surface area contributed by atoms with E-state index in [-0.39, 0.29) is 0 Å². The quantitative estimate of drug-likeness (QED) is 0.762. The largest absolute Gasteiger partial charge is 0.496 e. The molecule has 0 spiro atoms. The Hall–Kier alpha value is -1.06. The average molecular weight is 194 g/mol. The van der Waals surface area contributed by atoms with E-state index in [1.165, 1.54) is 5.56 Å². The molecule has 3 heteroatoms. The molecule has 1 aromatic rings. The molecule has 0 saturated heterocycles. The topological polar surface area (TPSA) is 47.3 Å². The van der Waals surface area contributed by atoms with Crippen molar-refractivity contribution in [1.29, 1.82) is 0 Å². The Labute approximate surface area is 85.3 Å².